The molecule has 0 aliphatic rings. The van der Waals surface area contributed by atoms with E-state index in [-0.39, 0.29) is 25.4 Å². The Kier molecular flexibility index (Phi) is 5.70. The first-order valence-electron chi connectivity index (χ1n) is 5.71. The molecule has 0 unspecified atom stereocenters. The van der Waals surface area contributed by atoms with Crippen molar-refractivity contribution < 1.29 is 24.2 Å². The topological polar surface area (TPSA) is 72.8 Å². The fraction of sp³-hybridized carbons (Fsp3) is 0.385. The van der Waals surface area contributed by atoms with E-state index in [0.717, 1.165) is 0 Å². The number of rotatable bonds is 6. The van der Waals surface area contributed by atoms with Crippen molar-refractivity contribution >= 4 is 11.9 Å². The van der Waals surface area contributed by atoms with Gasteiger partial charge in [0.2, 0.25) is 0 Å². The minimum Gasteiger partial charge on any atom is -0.508 e. The molecule has 1 N–H and O–H groups in total. The van der Waals surface area contributed by atoms with Crippen LogP contribution in [0.4, 0.5) is 0 Å². The lowest BCUT2D eigenvalue weighted by Gasteiger charge is -2.05. The molecule has 1 rings (SSSR count). The summed E-state index contributed by atoms with van der Waals surface area (Å²) in [6, 6.07) is 6.77. The van der Waals surface area contributed by atoms with Crippen molar-refractivity contribution in [3.63, 3.8) is 0 Å². The molecule has 18 heavy (non-hydrogen) atoms. The van der Waals surface area contributed by atoms with Crippen molar-refractivity contribution in [1.82, 2.24) is 0 Å². The molecule has 0 amide bonds. The zero-order chi connectivity index (χ0) is 13.4. The van der Waals surface area contributed by atoms with Crippen LogP contribution in [-0.2, 0) is 25.5 Å². The first-order chi connectivity index (χ1) is 8.63. The van der Waals surface area contributed by atoms with Crippen LogP contribution in [0.15, 0.2) is 24.3 Å². The third kappa shape index (κ3) is 4.86. The highest BCUT2D eigenvalue weighted by atomic mass is 16.6. The molecule has 0 aliphatic carbocycles. The average Bonchev–Trinajstić information content (AvgIpc) is 2.36. The van der Waals surface area contributed by atoms with Crippen LogP contribution in [0.3, 0.4) is 0 Å². The molecule has 98 valence electrons. The molecule has 0 fully saturated rings. The standard InChI is InChI=1S/C13H16O5/c1-2-17-13(16)9-18-12(15)8-7-10-5-3-4-6-11(10)14/h3-6,14H,2,7-9H2,1H3. The van der Waals surface area contributed by atoms with E-state index < -0.39 is 11.9 Å². The number of para-hydroxylation sites is 1. The van der Waals surface area contributed by atoms with Crippen LogP contribution in [-0.4, -0.2) is 30.3 Å². The largest absolute Gasteiger partial charge is 0.508 e. The number of phenols is 1. The molecule has 1 aromatic rings. The van der Waals surface area contributed by atoms with Gasteiger partial charge in [-0.2, -0.15) is 0 Å². The van der Waals surface area contributed by atoms with Gasteiger partial charge in [-0.3, -0.25) is 4.79 Å². The number of hydrogen-bond acceptors (Lipinski definition) is 5. The van der Waals surface area contributed by atoms with E-state index in [9.17, 15) is 14.7 Å². The molecule has 0 aromatic heterocycles. The zero-order valence-electron chi connectivity index (χ0n) is 10.2. The fourth-order valence-electron chi connectivity index (χ4n) is 1.37. The second kappa shape index (κ2) is 7.32. The summed E-state index contributed by atoms with van der Waals surface area (Å²) in [5.74, 6) is -0.907. The minimum atomic E-state index is -0.562. The number of aromatic hydroxyl groups is 1. The number of carbonyl (C=O) groups is 2. The Morgan fingerprint density at radius 2 is 1.89 bits per heavy atom. The maximum Gasteiger partial charge on any atom is 0.344 e. The third-order valence-corrected chi connectivity index (χ3v) is 2.25. The predicted molar refractivity (Wildman–Crippen MR) is 64.0 cm³/mol. The van der Waals surface area contributed by atoms with Gasteiger partial charge in [0.1, 0.15) is 5.75 Å². The van der Waals surface area contributed by atoms with E-state index in [2.05, 4.69) is 4.74 Å². The minimum absolute atomic E-state index is 0.108. The highest BCUT2D eigenvalue weighted by molar-refractivity contribution is 5.76. The molecule has 0 saturated heterocycles. The maximum absolute atomic E-state index is 11.3. The lowest BCUT2D eigenvalue weighted by molar-refractivity contribution is -0.158. The van der Waals surface area contributed by atoms with Gasteiger partial charge in [0.05, 0.1) is 6.61 Å². The lowest BCUT2D eigenvalue weighted by Crippen LogP contribution is -2.16. The van der Waals surface area contributed by atoms with Gasteiger partial charge >= 0.3 is 11.9 Å². The molecule has 5 nitrogen and oxygen atoms in total. The molecule has 0 spiro atoms. The van der Waals surface area contributed by atoms with E-state index in [0.29, 0.717) is 12.0 Å². The van der Waals surface area contributed by atoms with E-state index in [4.69, 9.17) is 4.74 Å². The van der Waals surface area contributed by atoms with Crippen LogP contribution >= 0.6 is 0 Å². The van der Waals surface area contributed by atoms with E-state index in [1.165, 1.54) is 0 Å². The van der Waals surface area contributed by atoms with Gasteiger partial charge in [0.25, 0.3) is 0 Å². The summed E-state index contributed by atoms with van der Waals surface area (Å²) in [5.41, 5.74) is 0.672. The molecule has 5 heteroatoms. The van der Waals surface area contributed by atoms with Crippen molar-refractivity contribution in [2.24, 2.45) is 0 Å². The van der Waals surface area contributed by atoms with Gasteiger partial charge in [-0.15, -0.1) is 0 Å². The summed E-state index contributed by atoms with van der Waals surface area (Å²) in [6.45, 7) is 1.57. The van der Waals surface area contributed by atoms with E-state index in [1.54, 1.807) is 31.2 Å². The normalized spacial score (nSPS) is 9.83. The Balaban J connectivity index is 2.29. The van der Waals surface area contributed by atoms with Gasteiger partial charge in [-0.25, -0.2) is 4.79 Å². The SMILES string of the molecule is CCOC(=O)COC(=O)CCc1ccccc1O. The Labute approximate surface area is 105 Å². The predicted octanol–water partition coefficient (Wildman–Crippen LogP) is 1.43. The summed E-state index contributed by atoms with van der Waals surface area (Å²) in [7, 11) is 0. The number of phenolic OH excluding ortho intramolecular Hbond substituents is 1. The van der Waals surface area contributed by atoms with Crippen molar-refractivity contribution in [2.75, 3.05) is 13.2 Å². The van der Waals surface area contributed by atoms with E-state index >= 15 is 0 Å². The molecule has 1 aromatic carbocycles. The molecular formula is C13H16O5. The summed E-state index contributed by atoms with van der Waals surface area (Å²) in [4.78, 5) is 22.3. The quantitative estimate of drug-likeness (QED) is 0.775. The number of esters is 2. The smallest absolute Gasteiger partial charge is 0.344 e. The molecule has 0 saturated carbocycles. The van der Waals surface area contributed by atoms with Crippen molar-refractivity contribution in [2.45, 2.75) is 19.8 Å². The summed E-state index contributed by atoms with van der Waals surface area (Å²) < 4.78 is 9.34. The van der Waals surface area contributed by atoms with Crippen molar-refractivity contribution in [3.8, 4) is 5.75 Å². The van der Waals surface area contributed by atoms with Crippen molar-refractivity contribution in [1.29, 1.82) is 0 Å². The first-order valence-corrected chi connectivity index (χ1v) is 5.71. The first kappa shape index (κ1) is 14.0. The molecule has 0 bridgehead atoms. The second-order valence-corrected chi connectivity index (χ2v) is 3.59. The van der Waals surface area contributed by atoms with Gasteiger partial charge in [0.15, 0.2) is 6.61 Å². The van der Waals surface area contributed by atoms with Gasteiger partial charge in [0, 0.05) is 6.42 Å². The highest BCUT2D eigenvalue weighted by Crippen LogP contribution is 2.17. The highest BCUT2D eigenvalue weighted by Gasteiger charge is 2.09. The summed E-state index contributed by atoms with van der Waals surface area (Å²) >= 11 is 0. The third-order valence-electron chi connectivity index (χ3n) is 2.25. The molecule has 0 heterocycles. The van der Waals surface area contributed by atoms with Gasteiger partial charge in [-0.05, 0) is 25.0 Å². The maximum atomic E-state index is 11.3. The molecular weight excluding hydrogens is 236 g/mol. The number of benzene rings is 1. The van der Waals surface area contributed by atoms with Crippen LogP contribution in [0.25, 0.3) is 0 Å². The van der Waals surface area contributed by atoms with Crippen LogP contribution < -0.4 is 0 Å². The van der Waals surface area contributed by atoms with Gasteiger partial charge in [-0.1, -0.05) is 18.2 Å². The molecule has 0 radical (unpaired) electrons. The molecule has 0 atom stereocenters. The monoisotopic (exact) mass is 252 g/mol. The number of carbonyl (C=O) groups excluding carboxylic acids is 2. The Morgan fingerprint density at radius 3 is 2.56 bits per heavy atom. The fourth-order valence-corrected chi connectivity index (χ4v) is 1.37. The zero-order valence-corrected chi connectivity index (χ0v) is 10.2. The van der Waals surface area contributed by atoms with Gasteiger partial charge < -0.3 is 14.6 Å². The number of hydrogen-bond donors (Lipinski definition) is 1. The van der Waals surface area contributed by atoms with E-state index in [1.807, 2.05) is 0 Å². The molecule has 0 aliphatic heterocycles. The van der Waals surface area contributed by atoms with Crippen LogP contribution in [0.1, 0.15) is 18.9 Å². The number of ether oxygens (including phenoxy) is 2. The van der Waals surface area contributed by atoms with Crippen LogP contribution in [0, 0.1) is 0 Å². The number of aryl methyl sites for hydroxylation is 1. The summed E-state index contributed by atoms with van der Waals surface area (Å²) in [6.07, 6.45) is 0.477. The van der Waals surface area contributed by atoms with Crippen LogP contribution in [0.5, 0.6) is 5.75 Å². The Bertz CT molecular complexity index is 414. The lowest BCUT2D eigenvalue weighted by atomic mass is 10.1. The van der Waals surface area contributed by atoms with Crippen LogP contribution in [0.2, 0.25) is 0 Å². The second-order valence-electron chi connectivity index (χ2n) is 3.59. The Morgan fingerprint density at radius 1 is 1.17 bits per heavy atom. The van der Waals surface area contributed by atoms with Crippen molar-refractivity contribution in [3.05, 3.63) is 29.8 Å². The average molecular weight is 252 g/mol. The Hall–Kier alpha value is -2.04. The summed E-state index contributed by atoms with van der Waals surface area (Å²) in [5, 5.41) is 9.49.